The summed E-state index contributed by atoms with van der Waals surface area (Å²) in [5, 5.41) is 8.19. The molecular formula is C13H17F2N5OS. The molecule has 0 aliphatic rings. The van der Waals surface area contributed by atoms with Crippen LogP contribution in [0.15, 0.2) is 17.8 Å². The highest BCUT2D eigenvalue weighted by Crippen LogP contribution is 2.15. The molecule has 2 aromatic rings. The summed E-state index contributed by atoms with van der Waals surface area (Å²) in [7, 11) is 0. The van der Waals surface area contributed by atoms with Gasteiger partial charge < -0.3 is 10.6 Å². The highest BCUT2D eigenvalue weighted by Gasteiger charge is 2.13. The van der Waals surface area contributed by atoms with Crippen molar-refractivity contribution in [3.63, 3.8) is 0 Å². The van der Waals surface area contributed by atoms with E-state index in [0.717, 1.165) is 15.3 Å². The van der Waals surface area contributed by atoms with Crippen LogP contribution in [0.4, 0.5) is 13.6 Å². The Morgan fingerprint density at radius 3 is 2.91 bits per heavy atom. The van der Waals surface area contributed by atoms with Crippen LogP contribution in [-0.4, -0.2) is 27.1 Å². The van der Waals surface area contributed by atoms with E-state index in [-0.39, 0.29) is 30.9 Å². The first-order chi connectivity index (χ1) is 10.5. The number of amides is 2. The number of aromatic nitrogens is 3. The number of hydrogen-bond donors (Lipinski definition) is 2. The lowest BCUT2D eigenvalue weighted by Gasteiger charge is -2.13. The molecule has 0 unspecified atom stereocenters. The number of thiazole rings is 1. The molecule has 0 bridgehead atoms. The van der Waals surface area contributed by atoms with Gasteiger partial charge in [0.2, 0.25) is 0 Å². The number of hydrogen-bond acceptors (Lipinski definition) is 4. The summed E-state index contributed by atoms with van der Waals surface area (Å²) in [5.41, 5.74) is 0.797. The molecule has 2 heterocycles. The zero-order chi connectivity index (χ0) is 16.1. The maximum absolute atomic E-state index is 12.6. The third-order valence-corrected chi connectivity index (χ3v) is 3.81. The Hall–Kier alpha value is -2.03. The molecule has 0 aliphatic heterocycles. The average molecular weight is 329 g/mol. The topological polar surface area (TPSA) is 71.8 Å². The van der Waals surface area contributed by atoms with Crippen molar-refractivity contribution in [3.05, 3.63) is 34.3 Å². The van der Waals surface area contributed by atoms with Crippen molar-refractivity contribution in [2.45, 2.75) is 32.9 Å². The van der Waals surface area contributed by atoms with Gasteiger partial charge in [-0.05, 0) is 13.8 Å². The second-order valence-corrected chi connectivity index (χ2v) is 5.75. The monoisotopic (exact) mass is 329 g/mol. The summed E-state index contributed by atoms with van der Waals surface area (Å²) in [4.78, 5) is 19.9. The molecule has 0 aromatic carbocycles. The second kappa shape index (κ2) is 7.30. The smallest absolute Gasteiger partial charge is 0.319 e. The third-order valence-electron chi connectivity index (χ3n) is 3.02. The highest BCUT2D eigenvalue weighted by molar-refractivity contribution is 7.09. The van der Waals surface area contributed by atoms with E-state index in [0.29, 0.717) is 0 Å². The maximum Gasteiger partial charge on any atom is 0.319 e. The van der Waals surface area contributed by atoms with Crippen LogP contribution in [0.25, 0.3) is 0 Å². The van der Waals surface area contributed by atoms with Crippen molar-refractivity contribution < 1.29 is 13.6 Å². The van der Waals surface area contributed by atoms with Gasteiger partial charge in [-0.15, -0.1) is 11.3 Å². The minimum Gasteiger partial charge on any atom is -0.338 e. The Morgan fingerprint density at radius 1 is 1.50 bits per heavy atom. The largest absolute Gasteiger partial charge is 0.338 e. The van der Waals surface area contributed by atoms with Crippen molar-refractivity contribution in [1.82, 2.24) is 25.2 Å². The standard InChI is InChI=1S/C13H17F2N5OS/c1-8(10-7-22-9(2)19-10)18-13(21)17-4-3-11-16-5-6-20(11)12(14)15/h5-8,12H,3-4H2,1-2H3,(H2,17,18,21)/t8-/m1/s1. The third kappa shape index (κ3) is 4.23. The number of rotatable bonds is 6. The summed E-state index contributed by atoms with van der Waals surface area (Å²) in [6.45, 7) is 1.32. The van der Waals surface area contributed by atoms with Gasteiger partial charge in [0.25, 0.3) is 0 Å². The summed E-state index contributed by atoms with van der Waals surface area (Å²) in [5.74, 6) is 0.235. The Kier molecular flexibility index (Phi) is 5.42. The number of nitrogens with zero attached hydrogens (tertiary/aromatic N) is 3. The fraction of sp³-hybridized carbons (Fsp3) is 0.462. The van der Waals surface area contributed by atoms with Crippen LogP contribution >= 0.6 is 11.3 Å². The van der Waals surface area contributed by atoms with Gasteiger partial charge in [-0.1, -0.05) is 0 Å². The predicted octanol–water partition coefficient (Wildman–Crippen LogP) is 2.65. The molecule has 2 amide bonds. The number of aryl methyl sites for hydroxylation is 1. The quantitative estimate of drug-likeness (QED) is 0.856. The second-order valence-electron chi connectivity index (χ2n) is 4.69. The number of imidazole rings is 1. The van der Waals surface area contributed by atoms with E-state index in [1.807, 2.05) is 19.2 Å². The molecule has 0 aliphatic carbocycles. The predicted molar refractivity (Wildman–Crippen MR) is 79.0 cm³/mol. The summed E-state index contributed by atoms with van der Waals surface area (Å²) in [6, 6.07) is -0.582. The summed E-state index contributed by atoms with van der Waals surface area (Å²) < 4.78 is 26.0. The normalized spacial score (nSPS) is 12.4. The van der Waals surface area contributed by atoms with Gasteiger partial charge in [-0.3, -0.25) is 4.57 Å². The van der Waals surface area contributed by atoms with Crippen LogP contribution in [0, 0.1) is 6.92 Å². The maximum atomic E-state index is 12.6. The number of nitrogens with one attached hydrogen (secondary N) is 2. The first kappa shape index (κ1) is 16.3. The van der Waals surface area contributed by atoms with Crippen molar-refractivity contribution in [2.75, 3.05) is 6.54 Å². The molecule has 0 radical (unpaired) electrons. The fourth-order valence-electron chi connectivity index (χ4n) is 1.90. The number of halogens is 2. The average Bonchev–Trinajstić information content (AvgIpc) is 3.07. The van der Waals surface area contributed by atoms with Gasteiger partial charge in [-0.25, -0.2) is 14.8 Å². The van der Waals surface area contributed by atoms with E-state index in [1.165, 1.54) is 23.7 Å². The SMILES string of the molecule is Cc1nc([C@@H](C)NC(=O)NCCc2nccn2C(F)F)cs1. The van der Waals surface area contributed by atoms with E-state index in [9.17, 15) is 13.6 Å². The van der Waals surface area contributed by atoms with Gasteiger partial charge in [-0.2, -0.15) is 8.78 Å². The van der Waals surface area contributed by atoms with E-state index in [2.05, 4.69) is 20.6 Å². The molecule has 0 saturated heterocycles. The van der Waals surface area contributed by atoms with Crippen LogP contribution in [0.2, 0.25) is 0 Å². The van der Waals surface area contributed by atoms with Gasteiger partial charge >= 0.3 is 12.6 Å². The molecule has 0 fully saturated rings. The van der Waals surface area contributed by atoms with E-state index in [1.54, 1.807) is 0 Å². The summed E-state index contributed by atoms with van der Waals surface area (Å²) in [6.07, 6.45) is 2.76. The van der Waals surface area contributed by atoms with Crippen molar-refractivity contribution in [3.8, 4) is 0 Å². The molecule has 2 aromatic heterocycles. The lowest BCUT2D eigenvalue weighted by atomic mass is 10.3. The van der Waals surface area contributed by atoms with E-state index < -0.39 is 6.55 Å². The molecule has 9 heteroatoms. The first-order valence-corrected chi connectivity index (χ1v) is 7.61. The number of alkyl halides is 2. The molecule has 2 rings (SSSR count). The van der Waals surface area contributed by atoms with Crippen LogP contribution in [0.5, 0.6) is 0 Å². The van der Waals surface area contributed by atoms with Gasteiger partial charge in [0, 0.05) is 30.7 Å². The van der Waals surface area contributed by atoms with Crippen LogP contribution in [-0.2, 0) is 6.42 Å². The van der Waals surface area contributed by atoms with Crippen molar-refractivity contribution in [1.29, 1.82) is 0 Å². The molecule has 0 spiro atoms. The molecule has 1 atom stereocenters. The lowest BCUT2D eigenvalue weighted by Crippen LogP contribution is -2.38. The number of carbonyl (C=O) groups excluding carboxylic acids is 1. The van der Waals surface area contributed by atoms with Crippen LogP contribution < -0.4 is 10.6 Å². The molecule has 2 N–H and O–H groups in total. The molecule has 6 nitrogen and oxygen atoms in total. The number of urea groups is 1. The van der Waals surface area contributed by atoms with E-state index >= 15 is 0 Å². The van der Waals surface area contributed by atoms with Gasteiger partial charge in [0.15, 0.2) is 0 Å². The Bertz CT molecular complexity index is 627. The Labute approximate surface area is 130 Å². The Balaban J connectivity index is 1.77. The lowest BCUT2D eigenvalue weighted by molar-refractivity contribution is 0.0670. The zero-order valence-electron chi connectivity index (χ0n) is 12.2. The first-order valence-electron chi connectivity index (χ1n) is 6.73. The minimum absolute atomic E-state index is 0.215. The van der Waals surface area contributed by atoms with Gasteiger partial charge in [0.05, 0.1) is 16.7 Å². The highest BCUT2D eigenvalue weighted by atomic mass is 32.1. The minimum atomic E-state index is -2.63. The van der Waals surface area contributed by atoms with Gasteiger partial charge in [0.1, 0.15) is 5.82 Å². The molecular weight excluding hydrogens is 312 g/mol. The molecule has 22 heavy (non-hydrogen) atoms. The van der Waals surface area contributed by atoms with E-state index in [4.69, 9.17) is 0 Å². The van der Waals surface area contributed by atoms with Crippen LogP contribution in [0.3, 0.4) is 0 Å². The Morgan fingerprint density at radius 2 is 2.27 bits per heavy atom. The van der Waals surface area contributed by atoms with Crippen molar-refractivity contribution >= 4 is 17.4 Å². The molecule has 120 valence electrons. The zero-order valence-corrected chi connectivity index (χ0v) is 13.0. The fourth-order valence-corrected chi connectivity index (χ4v) is 2.61. The van der Waals surface area contributed by atoms with Crippen molar-refractivity contribution in [2.24, 2.45) is 0 Å². The summed E-state index contributed by atoms with van der Waals surface area (Å²) >= 11 is 1.52. The van der Waals surface area contributed by atoms with Crippen LogP contribution in [0.1, 0.15) is 36.0 Å². The number of carbonyl (C=O) groups is 1. The molecule has 0 saturated carbocycles.